The van der Waals surface area contributed by atoms with E-state index >= 15 is 0 Å². The van der Waals surface area contributed by atoms with Crippen molar-refractivity contribution in [2.45, 2.75) is 84.3 Å². The molecule has 0 saturated carbocycles. The van der Waals surface area contributed by atoms with Gasteiger partial charge in [-0.1, -0.05) is 69.5 Å². The molecule has 0 aliphatic heterocycles. The van der Waals surface area contributed by atoms with Gasteiger partial charge in [-0.05, 0) is 37.7 Å². The summed E-state index contributed by atoms with van der Waals surface area (Å²) in [6, 6.07) is 10.2. The van der Waals surface area contributed by atoms with Gasteiger partial charge >= 0.3 is 5.97 Å². The van der Waals surface area contributed by atoms with Gasteiger partial charge in [0.1, 0.15) is 6.10 Å². The van der Waals surface area contributed by atoms with Crippen LogP contribution in [-0.4, -0.2) is 31.5 Å². The maximum Gasteiger partial charge on any atom is 0.303 e. The number of esters is 1. The van der Waals surface area contributed by atoms with Gasteiger partial charge < -0.3 is 9.26 Å². The Labute approximate surface area is 166 Å². The summed E-state index contributed by atoms with van der Waals surface area (Å²) in [5, 5.41) is 2.04. The molecule has 2 atom stereocenters. The highest BCUT2D eigenvalue weighted by atomic mass is 28.4. The molecule has 152 valence electrons. The van der Waals surface area contributed by atoms with Crippen molar-refractivity contribution in [3.63, 3.8) is 0 Å². The van der Waals surface area contributed by atoms with Crippen molar-refractivity contribution in [3.05, 3.63) is 48.6 Å². The molecule has 4 nitrogen and oxygen atoms in total. The normalized spacial score (nSPS) is 14.0. The average molecular weight is 392 g/mol. The molecule has 1 rings (SSSR count). The molecule has 0 aromatic heterocycles. The maximum absolute atomic E-state index is 11.6. The van der Waals surface area contributed by atoms with E-state index in [-0.39, 0.29) is 18.1 Å². The third-order valence-electron chi connectivity index (χ3n) is 4.21. The summed E-state index contributed by atoms with van der Waals surface area (Å²) in [6.45, 7) is 14.8. The van der Waals surface area contributed by atoms with Gasteiger partial charge in [-0.3, -0.25) is 4.79 Å². The van der Waals surface area contributed by atoms with Gasteiger partial charge in [-0.25, -0.2) is 0 Å². The van der Waals surface area contributed by atoms with Crippen molar-refractivity contribution >= 4 is 14.3 Å². The lowest BCUT2D eigenvalue weighted by molar-refractivity contribution is -0.166. The number of carbonyl (C=O) groups excluding carboxylic acids is 1. The van der Waals surface area contributed by atoms with E-state index < -0.39 is 8.32 Å². The molecular weight excluding hydrogens is 354 g/mol. The monoisotopic (exact) mass is 391 g/mol. The minimum absolute atomic E-state index is 0.0461. The van der Waals surface area contributed by atoms with Gasteiger partial charge in [0.25, 0.3) is 0 Å². The molecule has 27 heavy (non-hydrogen) atoms. The van der Waals surface area contributed by atoms with Crippen LogP contribution < -0.4 is 0 Å². The number of carbonyl (C=O) groups is 1. The van der Waals surface area contributed by atoms with Gasteiger partial charge in [0, 0.05) is 13.5 Å². The Hall–Kier alpha value is -1.43. The highest BCUT2D eigenvalue weighted by Gasteiger charge is 2.32. The lowest BCUT2D eigenvalue weighted by Crippen LogP contribution is -2.48. The van der Waals surface area contributed by atoms with E-state index in [0.29, 0.717) is 6.54 Å². The summed E-state index contributed by atoms with van der Waals surface area (Å²) in [6.07, 6.45) is 6.90. The van der Waals surface area contributed by atoms with Crippen molar-refractivity contribution < 1.29 is 14.1 Å². The quantitative estimate of drug-likeness (QED) is 0.142. The van der Waals surface area contributed by atoms with Crippen LogP contribution in [0.15, 0.2) is 43.0 Å². The van der Waals surface area contributed by atoms with Crippen LogP contribution in [0, 0.1) is 0 Å². The first-order valence-corrected chi connectivity index (χ1v) is 13.5. The van der Waals surface area contributed by atoms with E-state index in [2.05, 4.69) is 45.3 Å². The highest BCUT2D eigenvalue weighted by molar-refractivity contribution is 6.69. The molecule has 0 spiro atoms. The third-order valence-corrected chi connectivity index (χ3v) is 4.99. The fraction of sp³-hybridized carbons (Fsp3) is 0.591. The van der Waals surface area contributed by atoms with Crippen LogP contribution in [-0.2, 0) is 20.6 Å². The molecule has 0 heterocycles. The second kappa shape index (κ2) is 12.1. The van der Waals surface area contributed by atoms with E-state index in [0.717, 1.165) is 12.8 Å². The number of ether oxygens (including phenoxy) is 1. The molecule has 0 radical (unpaired) electrons. The molecule has 0 aliphatic rings. The smallest absolute Gasteiger partial charge is 0.303 e. The Morgan fingerprint density at radius 2 is 1.85 bits per heavy atom. The summed E-state index contributed by atoms with van der Waals surface area (Å²) in [5.41, 5.74) is 1.18. The van der Waals surface area contributed by atoms with E-state index in [1.54, 1.807) is 6.08 Å². The Morgan fingerprint density at radius 3 is 2.37 bits per heavy atom. The number of benzene rings is 1. The van der Waals surface area contributed by atoms with Crippen LogP contribution in [0.4, 0.5) is 0 Å². The van der Waals surface area contributed by atoms with E-state index in [1.165, 1.54) is 31.7 Å². The SMILES string of the molecule is C=C[C@H](OC(C)=O)[C@@H](CCCCCC)N(Cc1ccccc1)O[Si](C)(C)C. The molecule has 0 amide bonds. The second-order valence-corrected chi connectivity index (χ2v) is 12.4. The number of hydrogen-bond donors (Lipinski definition) is 0. The van der Waals surface area contributed by atoms with E-state index in [1.807, 2.05) is 23.3 Å². The molecule has 0 saturated heterocycles. The van der Waals surface area contributed by atoms with Gasteiger partial charge in [-0.2, -0.15) is 5.06 Å². The van der Waals surface area contributed by atoms with E-state index in [4.69, 9.17) is 9.26 Å². The summed E-state index contributed by atoms with van der Waals surface area (Å²) >= 11 is 0. The number of unbranched alkanes of at least 4 members (excludes halogenated alkanes) is 3. The second-order valence-electron chi connectivity index (χ2n) is 7.99. The van der Waals surface area contributed by atoms with Crippen LogP contribution in [0.25, 0.3) is 0 Å². The molecule has 1 aromatic carbocycles. The molecule has 0 bridgehead atoms. The number of rotatable bonds is 13. The first-order valence-electron chi connectivity index (χ1n) is 10.1. The lowest BCUT2D eigenvalue weighted by Gasteiger charge is -2.38. The fourth-order valence-electron chi connectivity index (χ4n) is 3.06. The van der Waals surface area contributed by atoms with Gasteiger partial charge in [0.15, 0.2) is 0 Å². The van der Waals surface area contributed by atoms with Crippen molar-refractivity contribution in [2.75, 3.05) is 0 Å². The Morgan fingerprint density at radius 1 is 1.19 bits per heavy atom. The molecule has 0 N–H and O–H groups in total. The van der Waals surface area contributed by atoms with Crippen LogP contribution in [0.1, 0.15) is 51.5 Å². The van der Waals surface area contributed by atoms with Crippen molar-refractivity contribution in [1.82, 2.24) is 5.06 Å². The average Bonchev–Trinajstić information content (AvgIpc) is 2.59. The highest BCUT2D eigenvalue weighted by Crippen LogP contribution is 2.23. The van der Waals surface area contributed by atoms with E-state index in [9.17, 15) is 4.79 Å². The first kappa shape index (κ1) is 23.6. The molecule has 1 aromatic rings. The topological polar surface area (TPSA) is 38.8 Å². The van der Waals surface area contributed by atoms with Crippen molar-refractivity contribution in [1.29, 1.82) is 0 Å². The molecule has 5 heteroatoms. The van der Waals surface area contributed by atoms with Crippen molar-refractivity contribution in [3.8, 4) is 0 Å². The van der Waals surface area contributed by atoms with Crippen LogP contribution in [0.5, 0.6) is 0 Å². The summed E-state index contributed by atoms with van der Waals surface area (Å²) in [4.78, 5) is 11.6. The number of nitrogens with zero attached hydrogens (tertiary/aromatic N) is 1. The zero-order chi connectivity index (χ0) is 20.3. The van der Waals surface area contributed by atoms with Gasteiger partial charge in [-0.15, -0.1) is 0 Å². The third kappa shape index (κ3) is 9.89. The molecule has 0 fully saturated rings. The Bertz CT molecular complexity index is 556. The zero-order valence-electron chi connectivity index (χ0n) is 17.7. The Balaban J connectivity index is 3.07. The maximum atomic E-state index is 11.6. The van der Waals surface area contributed by atoms with Gasteiger partial charge in [0.2, 0.25) is 8.32 Å². The van der Waals surface area contributed by atoms with Crippen molar-refractivity contribution in [2.24, 2.45) is 0 Å². The zero-order valence-corrected chi connectivity index (χ0v) is 18.7. The largest absolute Gasteiger partial charge is 0.457 e. The number of hydroxylamine groups is 2. The minimum Gasteiger partial charge on any atom is -0.457 e. The first-order chi connectivity index (χ1) is 12.8. The summed E-state index contributed by atoms with van der Waals surface area (Å²) in [7, 11) is -1.84. The fourth-order valence-corrected chi connectivity index (χ4v) is 3.96. The standard InChI is InChI=1S/C22H37NO3Si/c1-7-9-10-14-17-21(22(8-2)25-19(3)24)23(26-27(4,5)6)18-20-15-12-11-13-16-20/h8,11-13,15-16,21-22H,2,7,9-10,14,17-18H2,1,3-6H3/t21-,22+/m1/s1. The molecular formula is C22H37NO3Si. The van der Waals surface area contributed by atoms with Crippen LogP contribution in [0.2, 0.25) is 19.6 Å². The summed E-state index contributed by atoms with van der Waals surface area (Å²) in [5.74, 6) is -0.286. The molecule has 0 aliphatic carbocycles. The van der Waals surface area contributed by atoms with Crippen LogP contribution in [0.3, 0.4) is 0 Å². The molecule has 0 unspecified atom stereocenters. The van der Waals surface area contributed by atoms with Gasteiger partial charge in [0.05, 0.1) is 6.04 Å². The summed E-state index contributed by atoms with van der Waals surface area (Å²) < 4.78 is 12.0. The lowest BCUT2D eigenvalue weighted by atomic mass is 10.0. The minimum atomic E-state index is -1.84. The van der Waals surface area contributed by atoms with Crippen LogP contribution >= 0.6 is 0 Å². The predicted molar refractivity (Wildman–Crippen MR) is 115 cm³/mol. The Kier molecular flexibility index (Phi) is 10.6. The number of hydrogen-bond acceptors (Lipinski definition) is 4. The predicted octanol–water partition coefficient (Wildman–Crippen LogP) is 5.71.